The summed E-state index contributed by atoms with van der Waals surface area (Å²) in [5, 5.41) is 11.6. The van der Waals surface area contributed by atoms with Crippen LogP contribution >= 0.6 is 11.3 Å². The van der Waals surface area contributed by atoms with Gasteiger partial charge < -0.3 is 25.3 Å². The van der Waals surface area contributed by atoms with Gasteiger partial charge in [0.1, 0.15) is 11.1 Å². The van der Waals surface area contributed by atoms with E-state index in [-0.39, 0.29) is 6.61 Å². The molecule has 1 aliphatic rings. The number of amides is 2. The standard InChI is InChI=1S/C22H21N3O6S/c1-29-16-11-13(5-7-15(16)30-10-9-23)6-8-19(27)31-12-18(26)25-22-20(21(24)28)14-3-2-4-17(14)32-22/h5-8,11H,2-4,10,12H2,1H3,(H2,24,28)(H,25,26)/b8-6+. The number of hydrogen-bond donors (Lipinski definition) is 2. The third kappa shape index (κ3) is 5.44. The van der Waals surface area contributed by atoms with E-state index in [0.29, 0.717) is 27.6 Å². The summed E-state index contributed by atoms with van der Waals surface area (Å²) in [7, 11) is 1.46. The zero-order chi connectivity index (χ0) is 23.1. The highest BCUT2D eigenvalue weighted by molar-refractivity contribution is 7.17. The van der Waals surface area contributed by atoms with Crippen molar-refractivity contribution < 1.29 is 28.6 Å². The molecule has 0 radical (unpaired) electrons. The molecule has 0 saturated heterocycles. The summed E-state index contributed by atoms with van der Waals surface area (Å²) in [6.07, 6.45) is 5.24. The number of carbonyl (C=O) groups excluding carboxylic acids is 3. The zero-order valence-corrected chi connectivity index (χ0v) is 18.1. The van der Waals surface area contributed by atoms with Crippen LogP contribution in [0.5, 0.6) is 11.5 Å². The number of benzene rings is 1. The van der Waals surface area contributed by atoms with Crippen molar-refractivity contribution >= 4 is 40.2 Å². The van der Waals surface area contributed by atoms with Crippen LogP contribution in [-0.4, -0.2) is 38.1 Å². The molecule has 0 saturated carbocycles. The molecular weight excluding hydrogens is 434 g/mol. The van der Waals surface area contributed by atoms with Gasteiger partial charge in [-0.3, -0.25) is 9.59 Å². The molecule has 0 aliphatic heterocycles. The van der Waals surface area contributed by atoms with Gasteiger partial charge in [-0.05, 0) is 48.6 Å². The van der Waals surface area contributed by atoms with Crippen molar-refractivity contribution in [1.29, 1.82) is 5.26 Å². The second-order valence-corrected chi connectivity index (χ2v) is 7.88. The Balaban J connectivity index is 1.55. The third-order valence-corrected chi connectivity index (χ3v) is 5.87. The maximum absolute atomic E-state index is 12.2. The average Bonchev–Trinajstić information content (AvgIpc) is 3.35. The number of thiophene rings is 1. The minimum Gasteiger partial charge on any atom is -0.493 e. The number of fused-ring (bicyclic) bond motifs is 1. The number of nitriles is 1. The second-order valence-electron chi connectivity index (χ2n) is 6.77. The molecule has 10 heteroatoms. The van der Waals surface area contributed by atoms with Crippen molar-refractivity contribution in [2.24, 2.45) is 5.73 Å². The molecule has 3 rings (SSSR count). The number of ether oxygens (including phenoxy) is 3. The number of nitrogens with one attached hydrogen (secondary N) is 1. The average molecular weight is 455 g/mol. The molecule has 2 amide bonds. The lowest BCUT2D eigenvalue weighted by molar-refractivity contribution is -0.142. The van der Waals surface area contributed by atoms with Gasteiger partial charge in [-0.25, -0.2) is 4.79 Å². The molecule has 1 aromatic heterocycles. The Morgan fingerprint density at radius 3 is 2.81 bits per heavy atom. The first-order valence-electron chi connectivity index (χ1n) is 9.69. The van der Waals surface area contributed by atoms with Crippen LogP contribution in [0.4, 0.5) is 5.00 Å². The summed E-state index contributed by atoms with van der Waals surface area (Å²) >= 11 is 1.33. The van der Waals surface area contributed by atoms with E-state index in [1.165, 1.54) is 30.6 Å². The predicted octanol–water partition coefficient (Wildman–Crippen LogP) is 2.44. The number of primary amides is 1. The number of anilines is 1. The molecule has 0 atom stereocenters. The molecule has 0 fully saturated rings. The fraction of sp³-hybridized carbons (Fsp3) is 0.273. The number of esters is 1. The maximum Gasteiger partial charge on any atom is 0.331 e. The molecule has 1 aromatic carbocycles. The second kappa shape index (κ2) is 10.5. The number of methoxy groups -OCH3 is 1. The van der Waals surface area contributed by atoms with Crippen LogP contribution in [0.3, 0.4) is 0 Å². The van der Waals surface area contributed by atoms with E-state index >= 15 is 0 Å². The number of rotatable bonds is 9. The van der Waals surface area contributed by atoms with Gasteiger partial charge in [0.05, 0.1) is 12.7 Å². The fourth-order valence-corrected chi connectivity index (χ4v) is 4.59. The van der Waals surface area contributed by atoms with Gasteiger partial charge in [0.15, 0.2) is 24.7 Å². The van der Waals surface area contributed by atoms with Gasteiger partial charge in [-0.1, -0.05) is 6.07 Å². The number of aryl methyl sites for hydroxylation is 1. The first kappa shape index (κ1) is 22.8. The SMILES string of the molecule is COc1cc(/C=C/C(=O)OCC(=O)Nc2sc3c(c2C(N)=O)CCC3)ccc1OCC#N. The molecule has 166 valence electrons. The van der Waals surface area contributed by atoms with E-state index in [1.807, 2.05) is 6.07 Å². The van der Waals surface area contributed by atoms with Crippen LogP contribution in [0.15, 0.2) is 24.3 Å². The topological polar surface area (TPSA) is 141 Å². The lowest BCUT2D eigenvalue weighted by atomic mass is 10.1. The lowest BCUT2D eigenvalue weighted by Crippen LogP contribution is -2.22. The monoisotopic (exact) mass is 455 g/mol. The van der Waals surface area contributed by atoms with Crippen LogP contribution < -0.4 is 20.5 Å². The van der Waals surface area contributed by atoms with Crippen LogP contribution in [0.25, 0.3) is 6.08 Å². The largest absolute Gasteiger partial charge is 0.493 e. The van der Waals surface area contributed by atoms with Gasteiger partial charge in [-0.2, -0.15) is 5.26 Å². The summed E-state index contributed by atoms with van der Waals surface area (Å²) in [6, 6.07) is 6.79. The van der Waals surface area contributed by atoms with Crippen molar-refractivity contribution in [3.05, 3.63) is 45.8 Å². The number of hydrogen-bond acceptors (Lipinski definition) is 8. The molecule has 0 unspecified atom stereocenters. The number of nitrogens with two attached hydrogens (primary N) is 1. The molecule has 1 aliphatic carbocycles. The van der Waals surface area contributed by atoms with Crippen molar-refractivity contribution in [3.8, 4) is 17.6 Å². The first-order chi connectivity index (χ1) is 15.4. The molecule has 9 nitrogen and oxygen atoms in total. The molecule has 3 N–H and O–H groups in total. The van der Waals surface area contributed by atoms with Crippen LogP contribution in [0, 0.1) is 11.3 Å². The maximum atomic E-state index is 12.2. The smallest absolute Gasteiger partial charge is 0.331 e. The van der Waals surface area contributed by atoms with E-state index < -0.39 is 24.4 Å². The minimum absolute atomic E-state index is 0.116. The fourth-order valence-electron chi connectivity index (χ4n) is 3.28. The van der Waals surface area contributed by atoms with Gasteiger partial charge >= 0.3 is 5.97 Å². The van der Waals surface area contributed by atoms with Crippen LogP contribution in [-0.2, 0) is 27.2 Å². The molecule has 2 aromatic rings. The summed E-state index contributed by atoms with van der Waals surface area (Å²) in [5.41, 5.74) is 7.35. The van der Waals surface area contributed by atoms with Crippen molar-refractivity contribution in [2.45, 2.75) is 19.3 Å². The highest BCUT2D eigenvalue weighted by Gasteiger charge is 2.26. The normalized spacial score (nSPS) is 12.1. The summed E-state index contributed by atoms with van der Waals surface area (Å²) < 4.78 is 15.4. The predicted molar refractivity (Wildman–Crippen MR) is 118 cm³/mol. The van der Waals surface area contributed by atoms with Gasteiger partial charge in [0.25, 0.3) is 11.8 Å². The summed E-state index contributed by atoms with van der Waals surface area (Å²) in [5.74, 6) is -1.05. The molecule has 0 spiro atoms. The number of nitrogens with zero attached hydrogens (tertiary/aromatic N) is 1. The Kier molecular flexibility index (Phi) is 7.46. The zero-order valence-electron chi connectivity index (χ0n) is 17.3. The van der Waals surface area contributed by atoms with E-state index in [0.717, 1.165) is 29.7 Å². The minimum atomic E-state index is -0.715. The van der Waals surface area contributed by atoms with Gasteiger partial charge in [-0.15, -0.1) is 11.3 Å². The van der Waals surface area contributed by atoms with E-state index in [4.69, 9.17) is 25.2 Å². The van der Waals surface area contributed by atoms with Crippen LogP contribution in [0.1, 0.15) is 32.8 Å². The molecule has 32 heavy (non-hydrogen) atoms. The Hall–Kier alpha value is -3.84. The Bertz CT molecular complexity index is 1120. The van der Waals surface area contributed by atoms with Gasteiger partial charge in [0.2, 0.25) is 0 Å². The molecule has 1 heterocycles. The Morgan fingerprint density at radius 2 is 2.09 bits per heavy atom. The Morgan fingerprint density at radius 1 is 1.28 bits per heavy atom. The number of carbonyl (C=O) groups is 3. The van der Waals surface area contributed by atoms with Crippen molar-refractivity contribution in [3.63, 3.8) is 0 Å². The third-order valence-electron chi connectivity index (χ3n) is 4.66. The van der Waals surface area contributed by atoms with Gasteiger partial charge in [0, 0.05) is 11.0 Å². The molecule has 0 bridgehead atoms. The van der Waals surface area contributed by atoms with Crippen molar-refractivity contribution in [2.75, 3.05) is 25.6 Å². The lowest BCUT2D eigenvalue weighted by Gasteiger charge is -2.08. The highest BCUT2D eigenvalue weighted by atomic mass is 32.1. The van der Waals surface area contributed by atoms with Crippen LogP contribution in [0.2, 0.25) is 0 Å². The first-order valence-corrected chi connectivity index (χ1v) is 10.5. The quantitative estimate of drug-likeness (QED) is 0.437. The van der Waals surface area contributed by atoms with E-state index in [9.17, 15) is 14.4 Å². The summed E-state index contributed by atoms with van der Waals surface area (Å²) in [6.45, 7) is -0.622. The summed E-state index contributed by atoms with van der Waals surface area (Å²) in [4.78, 5) is 37.0. The van der Waals surface area contributed by atoms with E-state index in [1.54, 1.807) is 18.2 Å². The van der Waals surface area contributed by atoms with Crippen molar-refractivity contribution in [1.82, 2.24) is 0 Å². The Labute approximate surface area is 188 Å². The highest BCUT2D eigenvalue weighted by Crippen LogP contribution is 2.38. The van der Waals surface area contributed by atoms with E-state index in [2.05, 4.69) is 5.32 Å². The molecular formula is C22H21N3O6S.